The average Bonchev–Trinajstić information content (AvgIpc) is 2.55. The van der Waals surface area contributed by atoms with E-state index in [1.165, 1.54) is 23.7 Å². The first kappa shape index (κ1) is 17.7. The number of anilines is 2. The SMILES string of the molecule is CC(=O)c1ccc(N(N)CSC(=S)Nc2ccccc2Cl)cn1. The molecular weight excluding hydrogens is 352 g/mol. The predicted octanol–water partition coefficient (Wildman–Crippen LogP) is 3.71. The lowest BCUT2D eigenvalue weighted by Gasteiger charge is -2.18. The van der Waals surface area contributed by atoms with Crippen LogP contribution in [-0.4, -0.2) is 21.0 Å². The third kappa shape index (κ3) is 5.18. The van der Waals surface area contributed by atoms with Crippen molar-refractivity contribution in [1.29, 1.82) is 0 Å². The molecule has 5 nitrogen and oxygen atoms in total. The normalized spacial score (nSPS) is 10.2. The van der Waals surface area contributed by atoms with Crippen molar-refractivity contribution in [3.05, 3.63) is 53.3 Å². The molecule has 2 rings (SSSR count). The van der Waals surface area contributed by atoms with Crippen LogP contribution in [0.5, 0.6) is 0 Å². The van der Waals surface area contributed by atoms with E-state index in [-0.39, 0.29) is 5.78 Å². The monoisotopic (exact) mass is 366 g/mol. The number of carbonyl (C=O) groups excluding carboxylic acids is 1. The molecule has 0 saturated heterocycles. The zero-order chi connectivity index (χ0) is 16.8. The number of hydrogen-bond donors (Lipinski definition) is 2. The molecule has 0 bridgehead atoms. The van der Waals surface area contributed by atoms with E-state index in [4.69, 9.17) is 29.7 Å². The van der Waals surface area contributed by atoms with E-state index in [9.17, 15) is 4.79 Å². The molecule has 0 radical (unpaired) electrons. The van der Waals surface area contributed by atoms with Crippen molar-refractivity contribution in [1.82, 2.24) is 4.98 Å². The number of para-hydroxylation sites is 1. The summed E-state index contributed by atoms with van der Waals surface area (Å²) in [5.41, 5.74) is 1.86. The van der Waals surface area contributed by atoms with Gasteiger partial charge in [-0.3, -0.25) is 14.8 Å². The Labute approximate surface area is 149 Å². The van der Waals surface area contributed by atoms with Gasteiger partial charge >= 0.3 is 0 Å². The maximum absolute atomic E-state index is 11.2. The van der Waals surface area contributed by atoms with Crippen LogP contribution in [0.15, 0.2) is 42.6 Å². The van der Waals surface area contributed by atoms with E-state index in [2.05, 4.69) is 10.3 Å². The van der Waals surface area contributed by atoms with Gasteiger partial charge in [0.25, 0.3) is 0 Å². The number of carbonyl (C=O) groups is 1. The Morgan fingerprint density at radius 2 is 2.13 bits per heavy atom. The molecule has 8 heteroatoms. The Kier molecular flexibility index (Phi) is 6.35. The van der Waals surface area contributed by atoms with Gasteiger partial charge in [-0.15, -0.1) is 0 Å². The summed E-state index contributed by atoms with van der Waals surface area (Å²) in [6, 6.07) is 10.7. The lowest BCUT2D eigenvalue weighted by Crippen LogP contribution is -2.31. The maximum Gasteiger partial charge on any atom is 0.178 e. The fraction of sp³-hybridized carbons (Fsp3) is 0.133. The van der Waals surface area contributed by atoms with E-state index in [0.717, 1.165) is 5.69 Å². The number of Topliss-reactive ketones (excluding diaryl/α,β-unsaturated/α-hetero) is 1. The molecule has 0 aliphatic carbocycles. The summed E-state index contributed by atoms with van der Waals surface area (Å²) in [5, 5.41) is 5.16. The van der Waals surface area contributed by atoms with Gasteiger partial charge in [-0.2, -0.15) is 0 Å². The summed E-state index contributed by atoms with van der Waals surface area (Å²) < 4.78 is 0.557. The molecule has 0 aliphatic heterocycles. The molecule has 3 N–H and O–H groups in total. The Hall–Kier alpha value is -1.67. The van der Waals surface area contributed by atoms with E-state index in [0.29, 0.717) is 26.6 Å². The highest BCUT2D eigenvalue weighted by atomic mass is 35.5. The summed E-state index contributed by atoms with van der Waals surface area (Å²) in [7, 11) is 0. The third-order valence-electron chi connectivity index (χ3n) is 2.89. The Bertz CT molecular complexity index is 709. The smallest absolute Gasteiger partial charge is 0.178 e. The first-order valence-electron chi connectivity index (χ1n) is 6.65. The first-order chi connectivity index (χ1) is 11.0. The molecule has 120 valence electrons. The van der Waals surface area contributed by atoms with Crippen LogP contribution in [0.3, 0.4) is 0 Å². The number of ketones is 1. The van der Waals surface area contributed by atoms with Crippen LogP contribution in [0, 0.1) is 0 Å². The van der Waals surface area contributed by atoms with Gasteiger partial charge in [-0.05, 0) is 24.3 Å². The minimum absolute atomic E-state index is 0.0837. The molecule has 1 aromatic carbocycles. The van der Waals surface area contributed by atoms with E-state index in [1.807, 2.05) is 18.2 Å². The van der Waals surface area contributed by atoms with Gasteiger partial charge in [0.15, 0.2) is 5.78 Å². The van der Waals surface area contributed by atoms with Crippen molar-refractivity contribution >= 4 is 57.1 Å². The van der Waals surface area contributed by atoms with Crippen molar-refractivity contribution in [2.75, 3.05) is 16.2 Å². The second-order valence-electron chi connectivity index (χ2n) is 4.59. The van der Waals surface area contributed by atoms with Crippen molar-refractivity contribution in [2.45, 2.75) is 6.92 Å². The van der Waals surface area contributed by atoms with Crippen molar-refractivity contribution < 1.29 is 4.79 Å². The van der Waals surface area contributed by atoms with Gasteiger partial charge in [0.1, 0.15) is 10.0 Å². The fourth-order valence-corrected chi connectivity index (χ4v) is 2.71. The third-order valence-corrected chi connectivity index (χ3v) is 4.44. The van der Waals surface area contributed by atoms with E-state index in [1.54, 1.807) is 24.4 Å². The number of hydrogen-bond acceptors (Lipinski definition) is 6. The topological polar surface area (TPSA) is 71.2 Å². The van der Waals surface area contributed by atoms with Crippen LogP contribution in [0.4, 0.5) is 11.4 Å². The molecule has 2 aromatic rings. The number of nitrogens with one attached hydrogen (secondary N) is 1. The highest BCUT2D eigenvalue weighted by Crippen LogP contribution is 2.22. The van der Waals surface area contributed by atoms with Gasteiger partial charge < -0.3 is 5.32 Å². The van der Waals surface area contributed by atoms with Crippen LogP contribution in [0.2, 0.25) is 5.02 Å². The Morgan fingerprint density at radius 1 is 1.39 bits per heavy atom. The number of nitrogens with two attached hydrogens (primary N) is 1. The zero-order valence-corrected chi connectivity index (χ0v) is 14.7. The molecule has 0 saturated carbocycles. The zero-order valence-electron chi connectivity index (χ0n) is 12.3. The highest BCUT2D eigenvalue weighted by Gasteiger charge is 2.08. The summed E-state index contributed by atoms with van der Waals surface area (Å²) in [6.45, 7) is 1.47. The van der Waals surface area contributed by atoms with Crippen molar-refractivity contribution in [3.63, 3.8) is 0 Å². The molecule has 0 amide bonds. The lowest BCUT2D eigenvalue weighted by molar-refractivity contribution is 0.101. The predicted molar refractivity (Wildman–Crippen MR) is 101 cm³/mol. The number of thiocarbonyl (C=S) groups is 1. The first-order valence-corrected chi connectivity index (χ1v) is 8.42. The molecule has 0 aliphatic rings. The quantitative estimate of drug-likeness (QED) is 0.275. The second kappa shape index (κ2) is 8.26. The number of nitrogens with zero attached hydrogens (tertiary/aromatic N) is 2. The number of aromatic nitrogens is 1. The summed E-state index contributed by atoms with van der Waals surface area (Å²) in [5.74, 6) is 6.31. The number of pyridine rings is 1. The van der Waals surface area contributed by atoms with Crippen molar-refractivity contribution in [2.24, 2.45) is 5.84 Å². The second-order valence-corrected chi connectivity index (χ2v) is 6.62. The van der Waals surface area contributed by atoms with E-state index < -0.39 is 0 Å². The number of halogens is 1. The molecule has 0 atom stereocenters. The van der Waals surface area contributed by atoms with Crippen LogP contribution in [-0.2, 0) is 0 Å². The Morgan fingerprint density at radius 3 is 2.74 bits per heavy atom. The van der Waals surface area contributed by atoms with Crippen LogP contribution < -0.4 is 16.2 Å². The van der Waals surface area contributed by atoms with Gasteiger partial charge in [-0.1, -0.05) is 47.7 Å². The standard InChI is InChI=1S/C15H15ClN4OS2/c1-10(21)13-7-6-11(8-18-13)20(17)9-23-15(22)19-14-5-3-2-4-12(14)16/h2-8H,9,17H2,1H3,(H,19,22). The Balaban J connectivity index is 1.88. The van der Waals surface area contributed by atoms with Gasteiger partial charge in [0.2, 0.25) is 0 Å². The van der Waals surface area contributed by atoms with Crippen molar-refractivity contribution in [3.8, 4) is 0 Å². The minimum Gasteiger partial charge on any atom is -0.340 e. The minimum atomic E-state index is -0.0837. The molecule has 0 spiro atoms. The molecular formula is C15H15ClN4OS2. The number of thioether (sulfide) groups is 1. The van der Waals surface area contributed by atoms with Gasteiger partial charge in [-0.25, -0.2) is 5.84 Å². The van der Waals surface area contributed by atoms with Gasteiger partial charge in [0, 0.05) is 6.92 Å². The summed E-state index contributed by atoms with van der Waals surface area (Å²) >= 11 is 12.7. The molecule has 0 fully saturated rings. The fourth-order valence-electron chi connectivity index (χ4n) is 1.68. The van der Waals surface area contributed by atoms with Crippen LogP contribution in [0.25, 0.3) is 0 Å². The maximum atomic E-state index is 11.2. The van der Waals surface area contributed by atoms with Gasteiger partial charge in [0.05, 0.1) is 28.5 Å². The number of benzene rings is 1. The molecule has 1 aromatic heterocycles. The average molecular weight is 367 g/mol. The summed E-state index contributed by atoms with van der Waals surface area (Å²) in [4.78, 5) is 15.3. The van der Waals surface area contributed by atoms with Crippen LogP contribution >= 0.6 is 35.6 Å². The largest absolute Gasteiger partial charge is 0.340 e. The molecule has 23 heavy (non-hydrogen) atoms. The summed E-state index contributed by atoms with van der Waals surface area (Å²) in [6.07, 6.45) is 1.56. The lowest BCUT2D eigenvalue weighted by atomic mass is 10.2. The highest BCUT2D eigenvalue weighted by molar-refractivity contribution is 8.23. The molecule has 0 unspecified atom stereocenters. The van der Waals surface area contributed by atoms with Crippen LogP contribution in [0.1, 0.15) is 17.4 Å². The number of rotatable bonds is 5. The molecule has 1 heterocycles. The number of hydrazine groups is 1. The van der Waals surface area contributed by atoms with E-state index >= 15 is 0 Å².